The number of ether oxygens (including phenoxy) is 3. The molecular weight excluding hydrogens is 282 g/mol. The van der Waals surface area contributed by atoms with Crippen LogP contribution in [0.2, 0.25) is 0 Å². The van der Waals surface area contributed by atoms with Crippen molar-refractivity contribution in [2.45, 2.75) is 12.2 Å². The number of nitrogens with two attached hydrogens (primary N) is 2. The molecule has 0 spiro atoms. The van der Waals surface area contributed by atoms with Crippen molar-refractivity contribution in [3.63, 3.8) is 0 Å². The van der Waals surface area contributed by atoms with Gasteiger partial charge in [-0.1, -0.05) is 0 Å². The Hall–Kier alpha value is -1.51. The highest BCUT2D eigenvalue weighted by Crippen LogP contribution is 2.45. The summed E-state index contributed by atoms with van der Waals surface area (Å²) in [7, 11) is 4.81. The highest BCUT2D eigenvalue weighted by molar-refractivity contribution is 7.19. The van der Waals surface area contributed by atoms with Crippen LogP contribution in [0.15, 0.2) is 0 Å². The van der Waals surface area contributed by atoms with Crippen molar-refractivity contribution in [2.24, 2.45) is 5.73 Å². The van der Waals surface area contributed by atoms with Crippen LogP contribution in [-0.2, 0) is 9.47 Å². The third-order valence-corrected chi connectivity index (χ3v) is 4.68. The fourth-order valence-electron chi connectivity index (χ4n) is 2.37. The van der Waals surface area contributed by atoms with Gasteiger partial charge in [-0.2, -0.15) is 0 Å². The van der Waals surface area contributed by atoms with E-state index >= 15 is 0 Å². The first-order valence-electron chi connectivity index (χ1n) is 6.10. The van der Waals surface area contributed by atoms with E-state index in [4.69, 9.17) is 25.7 Å². The van der Waals surface area contributed by atoms with Gasteiger partial charge in [-0.05, 0) is 0 Å². The number of primary amides is 1. The largest absolute Gasteiger partial charge is 0.492 e. The van der Waals surface area contributed by atoms with Gasteiger partial charge in [0.25, 0.3) is 5.91 Å². The number of rotatable bonds is 5. The van der Waals surface area contributed by atoms with Gasteiger partial charge in [0.2, 0.25) is 0 Å². The zero-order chi connectivity index (χ0) is 14.9. The number of nitrogen functional groups attached to an aromatic ring is 1. The quantitative estimate of drug-likeness (QED) is 0.810. The fraction of sp³-hybridized carbons (Fsp3) is 0.583. The third-order valence-electron chi connectivity index (χ3n) is 3.42. The van der Waals surface area contributed by atoms with E-state index < -0.39 is 5.91 Å². The summed E-state index contributed by atoms with van der Waals surface area (Å²) in [5, 5.41) is 0.778. The monoisotopic (exact) mass is 301 g/mol. The SMILES string of the molecule is COc1c(N2CC(OC)C(OC)C2)sc(C(N)=O)c1N. The molecule has 1 aromatic heterocycles. The van der Waals surface area contributed by atoms with E-state index in [-0.39, 0.29) is 17.9 Å². The Kier molecular flexibility index (Phi) is 4.36. The lowest BCUT2D eigenvalue weighted by Crippen LogP contribution is -2.27. The molecule has 2 heterocycles. The zero-order valence-electron chi connectivity index (χ0n) is 11.7. The number of amides is 1. The average Bonchev–Trinajstić information content (AvgIpc) is 2.98. The summed E-state index contributed by atoms with van der Waals surface area (Å²) in [6.07, 6.45) is -0.0740. The maximum atomic E-state index is 11.4. The summed E-state index contributed by atoms with van der Waals surface area (Å²) in [6, 6.07) is 0. The lowest BCUT2D eigenvalue weighted by molar-refractivity contribution is -0.00461. The van der Waals surface area contributed by atoms with Crippen LogP contribution in [0.1, 0.15) is 9.67 Å². The van der Waals surface area contributed by atoms with Crippen LogP contribution in [0.5, 0.6) is 5.75 Å². The number of anilines is 2. The van der Waals surface area contributed by atoms with Crippen LogP contribution in [-0.4, -0.2) is 52.5 Å². The van der Waals surface area contributed by atoms with E-state index in [9.17, 15) is 4.79 Å². The van der Waals surface area contributed by atoms with Crippen LogP contribution in [0, 0.1) is 0 Å². The maximum Gasteiger partial charge on any atom is 0.261 e. The van der Waals surface area contributed by atoms with Gasteiger partial charge in [-0.15, -0.1) is 11.3 Å². The fourth-order valence-corrected chi connectivity index (χ4v) is 3.43. The van der Waals surface area contributed by atoms with Crippen molar-refractivity contribution in [2.75, 3.05) is 45.1 Å². The smallest absolute Gasteiger partial charge is 0.261 e. The molecule has 2 rings (SSSR count). The summed E-state index contributed by atoms with van der Waals surface area (Å²) in [6.45, 7) is 1.28. The molecular formula is C12H19N3O4S. The molecule has 1 aliphatic rings. The molecule has 1 saturated heterocycles. The Labute approximate surface area is 121 Å². The van der Waals surface area contributed by atoms with E-state index in [1.165, 1.54) is 18.4 Å². The Balaban J connectivity index is 2.34. The highest BCUT2D eigenvalue weighted by atomic mass is 32.1. The van der Waals surface area contributed by atoms with Gasteiger partial charge in [-0.3, -0.25) is 4.79 Å². The van der Waals surface area contributed by atoms with E-state index in [1.807, 2.05) is 4.90 Å². The van der Waals surface area contributed by atoms with Gasteiger partial charge in [0, 0.05) is 27.3 Å². The minimum absolute atomic E-state index is 0.0370. The number of carbonyl (C=O) groups excluding carboxylic acids is 1. The molecule has 20 heavy (non-hydrogen) atoms. The summed E-state index contributed by atoms with van der Waals surface area (Å²) < 4.78 is 16.1. The van der Waals surface area contributed by atoms with Crippen molar-refractivity contribution in [3.8, 4) is 5.75 Å². The van der Waals surface area contributed by atoms with Crippen LogP contribution < -0.4 is 21.1 Å². The second kappa shape index (κ2) is 5.86. The summed E-state index contributed by atoms with van der Waals surface area (Å²) in [5.41, 5.74) is 11.5. The van der Waals surface area contributed by atoms with Gasteiger partial charge in [0.1, 0.15) is 27.8 Å². The van der Waals surface area contributed by atoms with Gasteiger partial charge in [0.05, 0.1) is 7.11 Å². The van der Waals surface area contributed by atoms with Crippen LogP contribution in [0.3, 0.4) is 0 Å². The van der Waals surface area contributed by atoms with E-state index in [2.05, 4.69) is 0 Å². The molecule has 112 valence electrons. The van der Waals surface area contributed by atoms with Gasteiger partial charge in [0.15, 0.2) is 5.75 Å². The molecule has 1 amide bonds. The summed E-state index contributed by atoms with van der Waals surface area (Å²) in [4.78, 5) is 13.7. The van der Waals surface area contributed by atoms with Crippen molar-refractivity contribution < 1.29 is 19.0 Å². The minimum Gasteiger partial charge on any atom is -0.492 e. The molecule has 1 aromatic rings. The Morgan fingerprint density at radius 2 is 1.80 bits per heavy atom. The Morgan fingerprint density at radius 1 is 1.25 bits per heavy atom. The number of nitrogens with zero attached hydrogens (tertiary/aromatic N) is 1. The minimum atomic E-state index is -0.553. The molecule has 7 nitrogen and oxygen atoms in total. The van der Waals surface area contributed by atoms with Gasteiger partial charge in [-0.25, -0.2) is 0 Å². The second-order valence-corrected chi connectivity index (χ2v) is 5.50. The summed E-state index contributed by atoms with van der Waals surface area (Å²) in [5.74, 6) is -0.0711. The second-order valence-electron chi connectivity index (χ2n) is 4.50. The average molecular weight is 301 g/mol. The van der Waals surface area contributed by atoms with E-state index in [0.29, 0.717) is 23.7 Å². The molecule has 1 fully saturated rings. The number of hydrogen-bond acceptors (Lipinski definition) is 7. The molecule has 0 aliphatic carbocycles. The molecule has 0 bridgehead atoms. The van der Waals surface area contributed by atoms with Crippen molar-refractivity contribution in [3.05, 3.63) is 4.88 Å². The number of methoxy groups -OCH3 is 3. The lowest BCUT2D eigenvalue weighted by atomic mass is 10.3. The third kappa shape index (κ3) is 2.41. The number of hydrogen-bond donors (Lipinski definition) is 2. The molecule has 0 radical (unpaired) electrons. The first-order chi connectivity index (χ1) is 9.53. The standard InChI is InChI=1S/C12H19N3O4S/c1-17-6-4-15(5-7(6)18-2)12-9(19-3)8(13)10(20-12)11(14)16/h6-7H,4-5,13H2,1-3H3,(H2,14,16). The van der Waals surface area contributed by atoms with Crippen LogP contribution in [0.25, 0.3) is 0 Å². The molecule has 0 saturated carbocycles. The number of carbonyl (C=O) groups is 1. The van der Waals surface area contributed by atoms with Crippen molar-refractivity contribution in [1.82, 2.24) is 0 Å². The van der Waals surface area contributed by atoms with Crippen molar-refractivity contribution >= 4 is 27.9 Å². The highest BCUT2D eigenvalue weighted by Gasteiger charge is 2.36. The van der Waals surface area contributed by atoms with Crippen molar-refractivity contribution in [1.29, 1.82) is 0 Å². The zero-order valence-corrected chi connectivity index (χ0v) is 12.5. The normalized spacial score (nSPS) is 22.2. The first kappa shape index (κ1) is 14.9. The topological polar surface area (TPSA) is 100 Å². The Morgan fingerprint density at radius 3 is 2.20 bits per heavy atom. The van der Waals surface area contributed by atoms with E-state index in [0.717, 1.165) is 5.00 Å². The maximum absolute atomic E-state index is 11.4. The first-order valence-corrected chi connectivity index (χ1v) is 6.91. The summed E-state index contributed by atoms with van der Waals surface area (Å²) >= 11 is 1.23. The molecule has 0 aromatic carbocycles. The van der Waals surface area contributed by atoms with Gasteiger partial charge < -0.3 is 30.6 Å². The van der Waals surface area contributed by atoms with Crippen LogP contribution >= 0.6 is 11.3 Å². The Bertz CT molecular complexity index is 493. The lowest BCUT2D eigenvalue weighted by Gasteiger charge is -2.17. The molecule has 1 aliphatic heterocycles. The van der Waals surface area contributed by atoms with Gasteiger partial charge >= 0.3 is 0 Å². The molecule has 2 unspecified atom stereocenters. The van der Waals surface area contributed by atoms with E-state index in [1.54, 1.807) is 14.2 Å². The molecule has 4 N–H and O–H groups in total. The van der Waals surface area contributed by atoms with Crippen LogP contribution in [0.4, 0.5) is 10.7 Å². The predicted molar refractivity (Wildman–Crippen MR) is 77.6 cm³/mol. The molecule has 2 atom stereocenters. The predicted octanol–water partition coefficient (Wildman–Crippen LogP) is 0.288. The molecule has 8 heteroatoms. The number of thiophene rings is 1.